The summed E-state index contributed by atoms with van der Waals surface area (Å²) in [4.78, 5) is 0. The van der Waals surface area contributed by atoms with Crippen molar-refractivity contribution in [1.82, 2.24) is 4.57 Å². The van der Waals surface area contributed by atoms with Gasteiger partial charge in [0.25, 0.3) is 5.82 Å². The van der Waals surface area contributed by atoms with E-state index in [4.69, 9.17) is 4.74 Å². The van der Waals surface area contributed by atoms with Crippen LogP contribution in [0.1, 0.15) is 12.2 Å². The summed E-state index contributed by atoms with van der Waals surface area (Å²) in [6.07, 6.45) is 4.24. The molecule has 2 heterocycles. The number of halogens is 3. The first kappa shape index (κ1) is 19.4. The normalized spacial score (nSPS) is 12.6. The highest BCUT2D eigenvalue weighted by Gasteiger charge is 2.29. The van der Waals surface area contributed by atoms with E-state index in [1.807, 2.05) is 36.4 Å². The second-order valence-electron chi connectivity index (χ2n) is 6.16. The van der Waals surface area contributed by atoms with Gasteiger partial charge in [-0.25, -0.2) is 4.57 Å². The number of aryl methyl sites for hydroxylation is 1. The van der Waals surface area contributed by atoms with Crippen molar-refractivity contribution in [2.75, 3.05) is 7.11 Å². The monoisotopic (exact) mass is 436 g/mol. The van der Waals surface area contributed by atoms with Crippen LogP contribution in [0.2, 0.25) is 0 Å². The summed E-state index contributed by atoms with van der Waals surface area (Å²) in [6, 6.07) is 14.7. The minimum Gasteiger partial charge on any atom is -1.00 e. The molecule has 27 heavy (non-hydrogen) atoms. The van der Waals surface area contributed by atoms with E-state index in [-0.39, 0.29) is 22.7 Å². The van der Waals surface area contributed by atoms with Crippen molar-refractivity contribution in [3.8, 4) is 28.4 Å². The third kappa shape index (κ3) is 3.83. The van der Waals surface area contributed by atoms with E-state index in [0.29, 0.717) is 0 Å². The Balaban J connectivity index is 0.00000210. The molecular weight excluding hydrogens is 418 g/mol. The van der Waals surface area contributed by atoms with Gasteiger partial charge in [0.1, 0.15) is 23.4 Å². The quantitative estimate of drug-likeness (QED) is 0.557. The van der Waals surface area contributed by atoms with Gasteiger partial charge in [-0.05, 0) is 55.0 Å². The molecule has 4 nitrogen and oxygen atoms in total. The van der Waals surface area contributed by atoms with Crippen LogP contribution in [0.25, 0.3) is 16.9 Å². The molecule has 4 rings (SSSR count). The van der Waals surface area contributed by atoms with Gasteiger partial charge >= 0.3 is 6.61 Å². The molecule has 3 aromatic rings. The molecular formula is C20H19BrF2N2O2. The summed E-state index contributed by atoms with van der Waals surface area (Å²) in [7, 11) is 1.65. The van der Waals surface area contributed by atoms with Gasteiger partial charge in [0.15, 0.2) is 5.69 Å². The molecule has 0 atom stereocenters. The third-order valence-corrected chi connectivity index (χ3v) is 4.61. The SMILES string of the molecule is COc1ccc(-n2c(-c3ccc(OC(F)F)cc3)c[n+]3c2CCC3)cc1.[Br-]. The van der Waals surface area contributed by atoms with Gasteiger partial charge in [0.05, 0.1) is 20.1 Å². The van der Waals surface area contributed by atoms with E-state index in [2.05, 4.69) is 20.1 Å². The molecule has 1 aromatic heterocycles. The lowest BCUT2D eigenvalue weighted by molar-refractivity contribution is -0.689. The minimum absolute atomic E-state index is 0. The molecule has 0 radical (unpaired) electrons. The first-order valence-electron chi connectivity index (χ1n) is 8.49. The van der Waals surface area contributed by atoms with Crippen LogP contribution < -0.4 is 31.0 Å². The predicted octanol–water partition coefficient (Wildman–Crippen LogP) is 0.992. The Labute approximate surface area is 166 Å². The average Bonchev–Trinajstić information content (AvgIpc) is 3.23. The molecule has 0 unspecified atom stereocenters. The van der Waals surface area contributed by atoms with Crippen LogP contribution >= 0.6 is 0 Å². The fourth-order valence-electron chi connectivity index (χ4n) is 3.43. The smallest absolute Gasteiger partial charge is 0.387 e. The number of alkyl halides is 2. The zero-order chi connectivity index (χ0) is 18.1. The number of hydrogen-bond acceptors (Lipinski definition) is 2. The number of fused-ring (bicyclic) bond motifs is 1. The molecule has 0 spiro atoms. The molecule has 0 saturated heterocycles. The molecule has 0 saturated carbocycles. The number of benzene rings is 2. The zero-order valence-corrected chi connectivity index (χ0v) is 16.3. The lowest BCUT2D eigenvalue weighted by Gasteiger charge is -2.07. The van der Waals surface area contributed by atoms with E-state index in [0.717, 1.165) is 42.1 Å². The van der Waals surface area contributed by atoms with Crippen molar-refractivity contribution in [1.29, 1.82) is 0 Å². The minimum atomic E-state index is -2.82. The number of hydrogen-bond donors (Lipinski definition) is 0. The van der Waals surface area contributed by atoms with Gasteiger partial charge in [-0.1, -0.05) is 0 Å². The topological polar surface area (TPSA) is 27.3 Å². The molecule has 1 aliphatic rings. The number of rotatable bonds is 5. The van der Waals surface area contributed by atoms with Gasteiger partial charge < -0.3 is 26.5 Å². The first-order chi connectivity index (χ1) is 12.7. The van der Waals surface area contributed by atoms with Gasteiger partial charge in [-0.15, -0.1) is 0 Å². The lowest BCUT2D eigenvalue weighted by Crippen LogP contribution is -3.00. The average molecular weight is 437 g/mol. The van der Waals surface area contributed by atoms with Crippen molar-refractivity contribution in [2.45, 2.75) is 26.0 Å². The van der Waals surface area contributed by atoms with Crippen molar-refractivity contribution in [3.63, 3.8) is 0 Å². The number of aromatic nitrogens is 2. The Morgan fingerprint density at radius 1 is 1.00 bits per heavy atom. The van der Waals surface area contributed by atoms with Crippen molar-refractivity contribution in [2.24, 2.45) is 0 Å². The van der Waals surface area contributed by atoms with E-state index in [1.54, 1.807) is 19.2 Å². The van der Waals surface area contributed by atoms with Crippen LogP contribution in [0.3, 0.4) is 0 Å². The highest BCUT2D eigenvalue weighted by atomic mass is 79.9. The van der Waals surface area contributed by atoms with Crippen LogP contribution in [0.15, 0.2) is 54.7 Å². The summed E-state index contributed by atoms with van der Waals surface area (Å²) in [5, 5.41) is 0. The van der Waals surface area contributed by atoms with E-state index < -0.39 is 6.61 Å². The number of ether oxygens (including phenoxy) is 2. The highest BCUT2D eigenvalue weighted by molar-refractivity contribution is 5.63. The Bertz CT molecular complexity index is 909. The molecule has 0 aliphatic carbocycles. The maximum atomic E-state index is 12.4. The summed E-state index contributed by atoms with van der Waals surface area (Å²) >= 11 is 0. The maximum absolute atomic E-state index is 12.4. The van der Waals surface area contributed by atoms with Crippen LogP contribution in [-0.4, -0.2) is 18.3 Å². The van der Waals surface area contributed by atoms with Crippen LogP contribution in [0.5, 0.6) is 11.5 Å². The summed E-state index contributed by atoms with van der Waals surface area (Å²) < 4.78 is 38.9. The van der Waals surface area contributed by atoms with E-state index in [1.165, 1.54) is 5.82 Å². The van der Waals surface area contributed by atoms with Crippen molar-refractivity contribution in [3.05, 3.63) is 60.6 Å². The second kappa shape index (κ2) is 8.08. The van der Waals surface area contributed by atoms with E-state index >= 15 is 0 Å². The summed E-state index contributed by atoms with van der Waals surface area (Å²) in [5.74, 6) is 2.20. The van der Waals surface area contributed by atoms with Crippen molar-refractivity contribution < 1.29 is 39.8 Å². The second-order valence-corrected chi connectivity index (χ2v) is 6.16. The standard InChI is InChI=1S/C20H19F2N2O2.BrH/c1-25-16-10-6-15(7-11-16)24-18(13-23-12-2-3-19(23)24)14-4-8-17(9-5-14)26-20(21)22;/h4-11,13,20H,2-3,12H2,1H3;1H/q+1;/p-1. The molecule has 142 valence electrons. The Morgan fingerprint density at radius 2 is 1.67 bits per heavy atom. The number of methoxy groups -OCH3 is 1. The Morgan fingerprint density at radius 3 is 2.30 bits per heavy atom. The first-order valence-corrected chi connectivity index (χ1v) is 8.49. The van der Waals surface area contributed by atoms with Crippen molar-refractivity contribution >= 4 is 0 Å². The molecule has 0 N–H and O–H groups in total. The summed E-state index contributed by atoms with van der Waals surface area (Å²) in [6.45, 7) is -1.83. The Hall–Kier alpha value is -2.41. The van der Waals surface area contributed by atoms with Gasteiger partial charge in [0, 0.05) is 5.56 Å². The molecule has 0 amide bonds. The van der Waals surface area contributed by atoms with Gasteiger partial charge in [-0.2, -0.15) is 13.3 Å². The fourth-order valence-corrected chi connectivity index (χ4v) is 3.43. The molecule has 0 bridgehead atoms. The van der Waals surface area contributed by atoms with Gasteiger partial charge in [0.2, 0.25) is 0 Å². The van der Waals surface area contributed by atoms with Crippen LogP contribution in [-0.2, 0) is 13.0 Å². The summed E-state index contributed by atoms with van der Waals surface area (Å²) in [5.41, 5.74) is 3.02. The predicted molar refractivity (Wildman–Crippen MR) is 92.9 cm³/mol. The molecule has 7 heteroatoms. The Kier molecular flexibility index (Phi) is 5.79. The molecule has 0 fully saturated rings. The third-order valence-electron chi connectivity index (χ3n) is 4.61. The largest absolute Gasteiger partial charge is 1.00 e. The van der Waals surface area contributed by atoms with Crippen LogP contribution in [0, 0.1) is 0 Å². The fraction of sp³-hybridized carbons (Fsp3) is 0.250. The highest BCUT2D eigenvalue weighted by Crippen LogP contribution is 2.29. The zero-order valence-electron chi connectivity index (χ0n) is 14.7. The maximum Gasteiger partial charge on any atom is 0.387 e. The van der Waals surface area contributed by atoms with E-state index in [9.17, 15) is 8.78 Å². The molecule has 2 aromatic carbocycles. The number of imidazole rings is 1. The van der Waals surface area contributed by atoms with Crippen LogP contribution in [0.4, 0.5) is 8.78 Å². The van der Waals surface area contributed by atoms with Gasteiger partial charge in [-0.3, -0.25) is 0 Å². The number of nitrogens with zero attached hydrogens (tertiary/aromatic N) is 2. The lowest BCUT2D eigenvalue weighted by atomic mass is 10.1. The molecule has 1 aliphatic heterocycles.